The van der Waals surface area contributed by atoms with Crippen LogP contribution in [-0.4, -0.2) is 68.3 Å². The summed E-state index contributed by atoms with van der Waals surface area (Å²) in [6.45, 7) is 5.57. The highest BCUT2D eigenvalue weighted by Crippen LogP contribution is 2.25. The lowest BCUT2D eigenvalue weighted by molar-refractivity contribution is -0.128. The standard InChI is InChI=1S/C23H31N5O5/c1-14(2)13-27-21-15(4-7-18(29)26(3)17-8-10-33-11-9-17)12-24-28(21)23(32)19(22(27)31)20(30)25-16-5-6-16/h4,7,12,14,16-17,31H,5-6,8-11,13H2,1-3H3,(H,25,30). The highest BCUT2D eigenvalue weighted by molar-refractivity contribution is 5.97. The molecule has 1 aliphatic heterocycles. The Morgan fingerprint density at radius 3 is 2.64 bits per heavy atom. The summed E-state index contributed by atoms with van der Waals surface area (Å²) >= 11 is 0. The van der Waals surface area contributed by atoms with Crippen molar-refractivity contribution < 1.29 is 19.4 Å². The molecule has 10 nitrogen and oxygen atoms in total. The smallest absolute Gasteiger partial charge is 0.291 e. The zero-order valence-electron chi connectivity index (χ0n) is 19.3. The number of hydrogen-bond acceptors (Lipinski definition) is 6. The van der Waals surface area contributed by atoms with Crippen LogP contribution in [0.4, 0.5) is 0 Å². The van der Waals surface area contributed by atoms with Crippen molar-refractivity contribution in [2.75, 3.05) is 20.3 Å². The molecule has 0 atom stereocenters. The van der Waals surface area contributed by atoms with Crippen molar-refractivity contribution in [3.8, 4) is 5.88 Å². The van der Waals surface area contributed by atoms with Gasteiger partial charge in [-0.15, -0.1) is 0 Å². The number of ether oxygens (including phenoxy) is 1. The van der Waals surface area contributed by atoms with E-state index < -0.39 is 11.5 Å². The molecule has 0 aromatic carbocycles. The van der Waals surface area contributed by atoms with E-state index in [0.717, 1.165) is 30.2 Å². The van der Waals surface area contributed by atoms with Crippen molar-refractivity contribution in [1.29, 1.82) is 0 Å². The molecule has 1 aliphatic carbocycles. The molecule has 0 radical (unpaired) electrons. The number of nitrogens with zero attached hydrogens (tertiary/aromatic N) is 4. The van der Waals surface area contributed by atoms with Gasteiger partial charge in [0, 0.05) is 50.5 Å². The minimum absolute atomic E-state index is 0.0420. The third-order valence-corrected chi connectivity index (χ3v) is 6.09. The van der Waals surface area contributed by atoms with Gasteiger partial charge >= 0.3 is 0 Å². The topological polar surface area (TPSA) is 118 Å². The van der Waals surface area contributed by atoms with Gasteiger partial charge in [-0.1, -0.05) is 13.8 Å². The van der Waals surface area contributed by atoms with Crippen LogP contribution in [0.15, 0.2) is 17.1 Å². The van der Waals surface area contributed by atoms with Gasteiger partial charge in [0.05, 0.1) is 6.20 Å². The van der Waals surface area contributed by atoms with Crippen LogP contribution in [0.2, 0.25) is 0 Å². The van der Waals surface area contributed by atoms with Crippen LogP contribution >= 0.6 is 0 Å². The summed E-state index contributed by atoms with van der Waals surface area (Å²) in [6, 6.07) is 0.163. The predicted molar refractivity (Wildman–Crippen MR) is 122 cm³/mol. The Morgan fingerprint density at radius 2 is 2.00 bits per heavy atom. The summed E-state index contributed by atoms with van der Waals surface area (Å²) in [4.78, 5) is 40.1. The minimum Gasteiger partial charge on any atom is -0.494 e. The van der Waals surface area contributed by atoms with Gasteiger partial charge in [-0.2, -0.15) is 9.61 Å². The van der Waals surface area contributed by atoms with E-state index in [1.807, 2.05) is 13.8 Å². The van der Waals surface area contributed by atoms with E-state index in [2.05, 4.69) is 10.4 Å². The maximum absolute atomic E-state index is 13.1. The van der Waals surface area contributed by atoms with E-state index >= 15 is 0 Å². The molecule has 1 saturated carbocycles. The maximum Gasteiger partial charge on any atom is 0.291 e. The van der Waals surface area contributed by atoms with Gasteiger partial charge in [0.2, 0.25) is 11.8 Å². The van der Waals surface area contributed by atoms with Gasteiger partial charge in [-0.3, -0.25) is 19.0 Å². The Kier molecular flexibility index (Phi) is 6.55. The predicted octanol–water partition coefficient (Wildman–Crippen LogP) is 1.40. The molecule has 2 amide bonds. The van der Waals surface area contributed by atoms with Crippen molar-refractivity contribution in [3.05, 3.63) is 33.8 Å². The lowest BCUT2D eigenvalue weighted by atomic mass is 10.1. The largest absolute Gasteiger partial charge is 0.494 e. The average Bonchev–Trinajstić information content (AvgIpc) is 3.50. The van der Waals surface area contributed by atoms with Crippen molar-refractivity contribution in [2.24, 2.45) is 5.92 Å². The fourth-order valence-electron chi connectivity index (χ4n) is 4.08. The average molecular weight is 458 g/mol. The number of fused-ring (bicyclic) bond motifs is 1. The summed E-state index contributed by atoms with van der Waals surface area (Å²) in [5, 5.41) is 17.9. The molecule has 1 saturated heterocycles. The highest BCUT2D eigenvalue weighted by atomic mass is 16.5. The van der Waals surface area contributed by atoms with Crippen LogP contribution < -0.4 is 10.9 Å². The Bertz CT molecular complexity index is 1140. The number of likely N-dealkylation sites (N-methyl/N-ethyl adjacent to an activating group) is 1. The molecule has 2 aromatic heterocycles. The van der Waals surface area contributed by atoms with Crippen LogP contribution in [0.1, 0.15) is 55.5 Å². The van der Waals surface area contributed by atoms with Gasteiger partial charge in [0.25, 0.3) is 11.5 Å². The van der Waals surface area contributed by atoms with Crippen molar-refractivity contribution in [3.63, 3.8) is 0 Å². The van der Waals surface area contributed by atoms with E-state index in [9.17, 15) is 19.5 Å². The summed E-state index contributed by atoms with van der Waals surface area (Å²) < 4.78 is 8.01. The lowest BCUT2D eigenvalue weighted by Gasteiger charge is -2.30. The second-order valence-corrected chi connectivity index (χ2v) is 9.22. The maximum atomic E-state index is 13.1. The highest BCUT2D eigenvalue weighted by Gasteiger charge is 2.30. The second-order valence-electron chi connectivity index (χ2n) is 9.22. The second kappa shape index (κ2) is 9.38. The van der Waals surface area contributed by atoms with Crippen molar-refractivity contribution in [1.82, 2.24) is 24.4 Å². The third-order valence-electron chi connectivity index (χ3n) is 6.09. The Labute approximate surface area is 191 Å². The number of aromatic nitrogens is 3. The number of carbonyl (C=O) groups excluding carboxylic acids is 2. The molecule has 2 fully saturated rings. The quantitative estimate of drug-likeness (QED) is 0.607. The normalized spacial score (nSPS) is 17.2. The number of hydrogen-bond donors (Lipinski definition) is 2. The molecule has 33 heavy (non-hydrogen) atoms. The molecule has 0 bridgehead atoms. The van der Waals surface area contributed by atoms with Crippen LogP contribution in [0, 0.1) is 5.92 Å². The summed E-state index contributed by atoms with van der Waals surface area (Å²) in [7, 11) is 1.77. The van der Waals surface area contributed by atoms with E-state index in [4.69, 9.17) is 4.74 Å². The molecule has 2 N–H and O–H groups in total. The lowest BCUT2D eigenvalue weighted by Crippen LogP contribution is -2.39. The molecule has 0 spiro atoms. The molecule has 178 valence electrons. The molecule has 0 unspecified atom stereocenters. The summed E-state index contributed by atoms with van der Waals surface area (Å²) in [5.74, 6) is -1.03. The van der Waals surface area contributed by atoms with Crippen LogP contribution in [0.5, 0.6) is 5.88 Å². The van der Waals surface area contributed by atoms with Crippen LogP contribution in [-0.2, 0) is 16.1 Å². The molecule has 2 aliphatic rings. The van der Waals surface area contributed by atoms with Gasteiger partial charge in [0.15, 0.2) is 5.56 Å². The van der Waals surface area contributed by atoms with Gasteiger partial charge in [-0.25, -0.2) is 0 Å². The number of amides is 2. The molecule has 3 heterocycles. The Balaban J connectivity index is 1.70. The summed E-state index contributed by atoms with van der Waals surface area (Å²) in [5.41, 5.74) is -0.159. The van der Waals surface area contributed by atoms with Crippen molar-refractivity contribution >= 4 is 23.5 Å². The van der Waals surface area contributed by atoms with E-state index in [1.54, 1.807) is 18.0 Å². The molecular formula is C23H31N5O5. The number of nitrogens with one attached hydrogen (secondary N) is 1. The molecule has 2 aromatic rings. The van der Waals surface area contributed by atoms with E-state index in [0.29, 0.717) is 31.0 Å². The zero-order valence-corrected chi connectivity index (χ0v) is 19.3. The van der Waals surface area contributed by atoms with Gasteiger partial charge < -0.3 is 20.1 Å². The number of aromatic hydroxyl groups is 1. The first-order chi connectivity index (χ1) is 15.8. The molecule has 4 rings (SSSR count). The van der Waals surface area contributed by atoms with Crippen LogP contribution in [0.3, 0.4) is 0 Å². The molecule has 10 heteroatoms. The molecular weight excluding hydrogens is 426 g/mol. The fraction of sp³-hybridized carbons (Fsp3) is 0.565. The van der Waals surface area contributed by atoms with E-state index in [-0.39, 0.29) is 35.4 Å². The first-order valence-corrected chi connectivity index (χ1v) is 11.4. The zero-order chi connectivity index (χ0) is 23.7. The Hall–Kier alpha value is -3.14. The minimum atomic E-state index is -0.689. The van der Waals surface area contributed by atoms with Crippen molar-refractivity contribution in [2.45, 2.75) is 58.2 Å². The summed E-state index contributed by atoms with van der Waals surface area (Å²) in [6.07, 6.45) is 7.82. The number of carbonyl (C=O) groups is 2. The Morgan fingerprint density at radius 1 is 1.30 bits per heavy atom. The fourth-order valence-corrected chi connectivity index (χ4v) is 4.08. The number of rotatable bonds is 7. The van der Waals surface area contributed by atoms with Gasteiger partial charge in [-0.05, 0) is 37.7 Å². The van der Waals surface area contributed by atoms with Gasteiger partial charge in [0.1, 0.15) is 5.65 Å². The monoisotopic (exact) mass is 457 g/mol. The third kappa shape index (κ3) is 4.80. The first kappa shape index (κ1) is 23.0. The van der Waals surface area contributed by atoms with E-state index in [1.165, 1.54) is 16.8 Å². The SMILES string of the molecule is CC(C)Cn1c(O)c(C(=O)NC2CC2)c(=O)n2ncc(C=CC(=O)N(C)C3CCOCC3)c12. The first-order valence-electron chi connectivity index (χ1n) is 11.4. The van der Waals surface area contributed by atoms with Crippen LogP contribution in [0.25, 0.3) is 11.7 Å².